The maximum atomic E-state index is 13.2. The Morgan fingerprint density at radius 3 is 2.52 bits per heavy atom. The van der Waals surface area contributed by atoms with Crippen molar-refractivity contribution in [2.24, 2.45) is 0 Å². The van der Waals surface area contributed by atoms with Crippen molar-refractivity contribution in [1.82, 2.24) is 10.2 Å². The Kier molecular flexibility index (Phi) is 7.73. The first-order valence-electron chi connectivity index (χ1n) is 10.0. The van der Waals surface area contributed by atoms with Crippen LogP contribution in [0.3, 0.4) is 0 Å². The molecule has 4 nitrogen and oxygen atoms in total. The summed E-state index contributed by atoms with van der Waals surface area (Å²) in [5.41, 5.74) is 1.81. The van der Waals surface area contributed by atoms with Gasteiger partial charge in [0.05, 0.1) is 6.42 Å². The van der Waals surface area contributed by atoms with E-state index in [0.29, 0.717) is 11.6 Å². The lowest BCUT2D eigenvalue weighted by Crippen LogP contribution is -2.50. The number of hydrogen-bond donors (Lipinski definition) is 1. The summed E-state index contributed by atoms with van der Waals surface area (Å²) in [5.74, 6) is -0.187. The van der Waals surface area contributed by atoms with Crippen LogP contribution in [0.4, 0.5) is 0 Å². The monoisotopic (exact) mass is 476 g/mol. The van der Waals surface area contributed by atoms with Crippen molar-refractivity contribution in [3.05, 3.63) is 69.2 Å². The largest absolute Gasteiger partial charge is 0.352 e. The zero-order valence-corrected chi connectivity index (χ0v) is 18.9. The van der Waals surface area contributed by atoms with E-state index in [0.717, 1.165) is 41.3 Å². The maximum Gasteiger partial charge on any atom is 0.242 e. The highest BCUT2D eigenvalue weighted by Crippen LogP contribution is 2.20. The number of hydrogen-bond acceptors (Lipinski definition) is 2. The molecule has 1 aliphatic rings. The molecule has 0 aromatic heterocycles. The van der Waals surface area contributed by atoms with Crippen LogP contribution in [0.5, 0.6) is 0 Å². The molecular formula is C23H26BrClN2O2. The number of nitrogens with one attached hydrogen (secondary N) is 1. The lowest BCUT2D eigenvalue weighted by molar-refractivity contribution is -0.140. The summed E-state index contributed by atoms with van der Waals surface area (Å²) in [6, 6.07) is 14.8. The summed E-state index contributed by atoms with van der Waals surface area (Å²) in [6.45, 7) is 2.18. The van der Waals surface area contributed by atoms with E-state index in [1.165, 1.54) is 0 Å². The van der Waals surface area contributed by atoms with Crippen molar-refractivity contribution >= 4 is 39.3 Å². The van der Waals surface area contributed by atoms with Gasteiger partial charge in [-0.3, -0.25) is 9.59 Å². The number of amides is 2. The average molecular weight is 478 g/mol. The molecule has 1 N–H and O–H groups in total. The molecule has 6 heteroatoms. The Balaban J connectivity index is 1.77. The minimum Gasteiger partial charge on any atom is -0.352 e. The first-order chi connectivity index (χ1) is 13.9. The van der Waals surface area contributed by atoms with E-state index in [9.17, 15) is 9.59 Å². The van der Waals surface area contributed by atoms with Crippen LogP contribution < -0.4 is 5.32 Å². The van der Waals surface area contributed by atoms with Crippen molar-refractivity contribution in [2.45, 2.75) is 57.7 Å². The maximum absolute atomic E-state index is 13.2. The third kappa shape index (κ3) is 6.31. The van der Waals surface area contributed by atoms with E-state index in [4.69, 9.17) is 11.6 Å². The summed E-state index contributed by atoms with van der Waals surface area (Å²) < 4.78 is 0.945. The Morgan fingerprint density at radius 2 is 1.83 bits per heavy atom. The van der Waals surface area contributed by atoms with Crippen molar-refractivity contribution < 1.29 is 9.59 Å². The normalized spacial score (nSPS) is 15.1. The van der Waals surface area contributed by atoms with Crippen molar-refractivity contribution in [1.29, 1.82) is 0 Å². The van der Waals surface area contributed by atoms with E-state index in [-0.39, 0.29) is 24.3 Å². The average Bonchev–Trinajstić information content (AvgIpc) is 3.18. The summed E-state index contributed by atoms with van der Waals surface area (Å²) in [4.78, 5) is 27.7. The predicted octanol–water partition coefficient (Wildman–Crippen LogP) is 5.12. The van der Waals surface area contributed by atoms with Crippen LogP contribution in [0.2, 0.25) is 5.02 Å². The summed E-state index contributed by atoms with van der Waals surface area (Å²) in [5, 5.41) is 3.72. The highest BCUT2D eigenvalue weighted by molar-refractivity contribution is 9.10. The van der Waals surface area contributed by atoms with Gasteiger partial charge in [-0.1, -0.05) is 64.6 Å². The van der Waals surface area contributed by atoms with Crippen LogP contribution >= 0.6 is 27.5 Å². The van der Waals surface area contributed by atoms with Gasteiger partial charge in [-0.2, -0.15) is 0 Å². The van der Waals surface area contributed by atoms with Crippen LogP contribution in [0.25, 0.3) is 0 Å². The Labute approximate surface area is 185 Å². The van der Waals surface area contributed by atoms with Crippen molar-refractivity contribution in [3.63, 3.8) is 0 Å². The molecule has 3 rings (SSSR count). The molecule has 2 aromatic rings. The summed E-state index contributed by atoms with van der Waals surface area (Å²) in [6.07, 6.45) is 4.53. The molecule has 0 saturated heterocycles. The SMILES string of the molecule is C[C@@H](C(=O)NC1CCCC1)N(Cc1cccc(Br)c1)C(=O)Cc1cccc(Cl)c1. The topological polar surface area (TPSA) is 49.4 Å². The minimum atomic E-state index is -0.554. The van der Waals surface area contributed by atoms with Gasteiger partial charge in [-0.05, 0) is 55.2 Å². The third-order valence-corrected chi connectivity index (χ3v) is 6.08. The van der Waals surface area contributed by atoms with Crippen LogP contribution in [-0.2, 0) is 22.6 Å². The second kappa shape index (κ2) is 10.3. The number of benzene rings is 2. The first kappa shape index (κ1) is 21.8. The molecule has 2 aromatic carbocycles. The standard InChI is InChI=1S/C23H26BrClN2O2/c1-16(23(29)26-21-10-2-3-11-21)27(15-18-7-4-8-19(24)12-18)22(28)14-17-6-5-9-20(25)13-17/h4-9,12-13,16,21H,2-3,10-11,14-15H2,1H3,(H,26,29)/t16-/m0/s1. The molecule has 2 amide bonds. The van der Waals surface area contributed by atoms with E-state index in [1.54, 1.807) is 24.0 Å². The lowest BCUT2D eigenvalue weighted by Gasteiger charge is -2.30. The van der Waals surface area contributed by atoms with Crippen molar-refractivity contribution in [3.8, 4) is 0 Å². The molecule has 0 unspecified atom stereocenters. The quantitative estimate of drug-likeness (QED) is 0.601. The van der Waals surface area contributed by atoms with E-state index < -0.39 is 6.04 Å². The van der Waals surface area contributed by atoms with Gasteiger partial charge in [0.25, 0.3) is 0 Å². The van der Waals surface area contributed by atoms with Gasteiger partial charge in [0.1, 0.15) is 6.04 Å². The van der Waals surface area contributed by atoms with Crippen LogP contribution in [0, 0.1) is 0 Å². The number of halogens is 2. The third-order valence-electron chi connectivity index (χ3n) is 5.36. The summed E-state index contributed by atoms with van der Waals surface area (Å²) in [7, 11) is 0. The molecule has 0 spiro atoms. The molecule has 154 valence electrons. The van der Waals surface area contributed by atoms with Gasteiger partial charge in [0, 0.05) is 22.1 Å². The lowest BCUT2D eigenvalue weighted by atomic mass is 10.1. The van der Waals surface area contributed by atoms with Crippen LogP contribution in [0.15, 0.2) is 53.0 Å². The Hall–Kier alpha value is -1.85. The fourth-order valence-electron chi connectivity index (χ4n) is 3.73. The number of rotatable bonds is 7. The highest BCUT2D eigenvalue weighted by atomic mass is 79.9. The second-order valence-corrected chi connectivity index (χ2v) is 8.98. The zero-order valence-electron chi connectivity index (χ0n) is 16.5. The first-order valence-corrected chi connectivity index (χ1v) is 11.2. The molecule has 1 atom stereocenters. The Morgan fingerprint density at radius 1 is 1.14 bits per heavy atom. The smallest absolute Gasteiger partial charge is 0.242 e. The van der Waals surface area contributed by atoms with E-state index >= 15 is 0 Å². The van der Waals surface area contributed by atoms with E-state index in [2.05, 4.69) is 21.2 Å². The molecule has 0 bridgehead atoms. The van der Waals surface area contributed by atoms with Gasteiger partial charge >= 0.3 is 0 Å². The molecular weight excluding hydrogens is 452 g/mol. The fraction of sp³-hybridized carbons (Fsp3) is 0.391. The number of carbonyl (C=O) groups is 2. The van der Waals surface area contributed by atoms with Crippen molar-refractivity contribution in [2.75, 3.05) is 0 Å². The molecule has 29 heavy (non-hydrogen) atoms. The van der Waals surface area contributed by atoms with E-state index in [1.807, 2.05) is 36.4 Å². The minimum absolute atomic E-state index is 0.0914. The van der Waals surface area contributed by atoms with Crippen LogP contribution in [-0.4, -0.2) is 28.8 Å². The predicted molar refractivity (Wildman–Crippen MR) is 120 cm³/mol. The van der Waals surface area contributed by atoms with Gasteiger partial charge in [-0.25, -0.2) is 0 Å². The van der Waals surface area contributed by atoms with Crippen LogP contribution in [0.1, 0.15) is 43.7 Å². The van der Waals surface area contributed by atoms with Gasteiger partial charge < -0.3 is 10.2 Å². The molecule has 1 saturated carbocycles. The Bertz CT molecular complexity index is 867. The number of carbonyl (C=O) groups excluding carboxylic acids is 2. The second-order valence-electron chi connectivity index (χ2n) is 7.62. The molecule has 1 aliphatic carbocycles. The summed E-state index contributed by atoms with van der Waals surface area (Å²) >= 11 is 9.55. The van der Waals surface area contributed by atoms with Gasteiger partial charge in [-0.15, -0.1) is 0 Å². The molecule has 0 aliphatic heterocycles. The van der Waals surface area contributed by atoms with Gasteiger partial charge in [0.2, 0.25) is 11.8 Å². The molecule has 0 heterocycles. The zero-order chi connectivity index (χ0) is 20.8. The fourth-order valence-corrected chi connectivity index (χ4v) is 4.39. The van der Waals surface area contributed by atoms with Gasteiger partial charge in [0.15, 0.2) is 0 Å². The molecule has 0 radical (unpaired) electrons. The molecule has 1 fully saturated rings. The highest BCUT2D eigenvalue weighted by Gasteiger charge is 2.28. The number of nitrogens with zero attached hydrogens (tertiary/aromatic N) is 1.